The number of carbonyl (C=O) groups is 1. The van der Waals surface area contributed by atoms with E-state index in [1.165, 1.54) is 16.7 Å². The first-order chi connectivity index (χ1) is 14.8. The molecule has 1 aliphatic rings. The molecule has 1 amide bonds. The van der Waals surface area contributed by atoms with Crippen LogP contribution in [0.1, 0.15) is 16.7 Å². The van der Waals surface area contributed by atoms with Crippen LogP contribution in [0.15, 0.2) is 47.9 Å². The van der Waals surface area contributed by atoms with Gasteiger partial charge in [0.1, 0.15) is 29.0 Å². The van der Waals surface area contributed by atoms with Crippen molar-refractivity contribution in [1.29, 1.82) is 0 Å². The lowest BCUT2D eigenvalue weighted by Gasteiger charge is -2.14. The number of rotatable bonds is 8. The quantitative estimate of drug-likeness (QED) is 0.182. The van der Waals surface area contributed by atoms with Gasteiger partial charge in [0.25, 0.3) is 5.91 Å². The lowest BCUT2D eigenvalue weighted by atomic mass is 10.1. The van der Waals surface area contributed by atoms with Crippen LogP contribution in [0.4, 0.5) is 0 Å². The number of carbonyl (C=O) groups excluding carboxylic acids is 1. The van der Waals surface area contributed by atoms with Crippen LogP contribution in [0.3, 0.4) is 0 Å². The third-order valence-corrected chi connectivity index (χ3v) is 6.18. The van der Waals surface area contributed by atoms with E-state index in [9.17, 15) is 4.79 Å². The Morgan fingerprint density at radius 3 is 2.45 bits per heavy atom. The topological polar surface area (TPSA) is 38.8 Å². The minimum absolute atomic E-state index is 0.185. The fraction of sp³-hybridized carbons (Fsp3) is 0.217. The highest BCUT2D eigenvalue weighted by atomic mass is 35.5. The number of thiocarbonyl (C=S) groups is 1. The molecular weight excluding hydrogens is 473 g/mol. The standard InChI is InChI=1S/C23H21Cl2NO3S2/c1-4-5-26-22(27)20(31-23(26)30)12-16-11-17(24)13-19(25)21(16)29-7-6-28-18-9-14(2)8-15(3)10-18/h4,8-13H,1,5-7H2,2-3H3/b20-12-. The van der Waals surface area contributed by atoms with Gasteiger partial charge in [-0.1, -0.05) is 59.3 Å². The molecule has 0 spiro atoms. The van der Waals surface area contributed by atoms with E-state index in [2.05, 4.69) is 12.6 Å². The molecule has 162 valence electrons. The maximum atomic E-state index is 12.6. The molecule has 31 heavy (non-hydrogen) atoms. The normalized spacial score (nSPS) is 15.0. The van der Waals surface area contributed by atoms with Crippen molar-refractivity contribution >= 4 is 63.5 Å². The van der Waals surface area contributed by atoms with Gasteiger partial charge in [-0.2, -0.15) is 0 Å². The van der Waals surface area contributed by atoms with Gasteiger partial charge in [-0.3, -0.25) is 9.69 Å². The first kappa shape index (κ1) is 23.7. The molecule has 1 saturated heterocycles. The Kier molecular flexibility index (Phi) is 8.06. The predicted octanol–water partition coefficient (Wildman–Crippen LogP) is 6.46. The van der Waals surface area contributed by atoms with E-state index in [0.717, 1.165) is 16.9 Å². The van der Waals surface area contributed by atoms with E-state index < -0.39 is 0 Å². The SMILES string of the molecule is C=CCN1C(=O)/C(=C/c2cc(Cl)cc(Cl)c2OCCOc2cc(C)cc(C)c2)SC1=S. The van der Waals surface area contributed by atoms with Gasteiger partial charge >= 0.3 is 0 Å². The average Bonchev–Trinajstić information content (AvgIpc) is 2.93. The zero-order valence-corrected chi connectivity index (χ0v) is 20.3. The molecule has 2 aromatic carbocycles. The van der Waals surface area contributed by atoms with Crippen molar-refractivity contribution < 1.29 is 14.3 Å². The molecule has 0 saturated carbocycles. The number of halogens is 2. The lowest BCUT2D eigenvalue weighted by Crippen LogP contribution is -2.27. The van der Waals surface area contributed by atoms with Crippen LogP contribution in [0, 0.1) is 13.8 Å². The number of hydrogen-bond acceptors (Lipinski definition) is 5. The van der Waals surface area contributed by atoms with Gasteiger partial charge in [0.2, 0.25) is 0 Å². The number of benzene rings is 2. The Morgan fingerprint density at radius 2 is 1.77 bits per heavy atom. The summed E-state index contributed by atoms with van der Waals surface area (Å²) in [7, 11) is 0. The molecule has 0 aliphatic carbocycles. The molecule has 1 fully saturated rings. The molecule has 1 heterocycles. The van der Waals surface area contributed by atoms with Crippen molar-refractivity contribution in [2.24, 2.45) is 0 Å². The monoisotopic (exact) mass is 493 g/mol. The summed E-state index contributed by atoms with van der Waals surface area (Å²) in [5.41, 5.74) is 2.86. The summed E-state index contributed by atoms with van der Waals surface area (Å²) < 4.78 is 12.2. The van der Waals surface area contributed by atoms with E-state index in [4.69, 9.17) is 44.9 Å². The molecule has 8 heteroatoms. The fourth-order valence-electron chi connectivity index (χ4n) is 3.09. The maximum Gasteiger partial charge on any atom is 0.266 e. The second-order valence-corrected chi connectivity index (χ2v) is 9.43. The van der Waals surface area contributed by atoms with Crippen LogP contribution >= 0.6 is 47.2 Å². The highest BCUT2D eigenvalue weighted by Crippen LogP contribution is 2.38. The molecule has 0 aromatic heterocycles. The van der Waals surface area contributed by atoms with E-state index in [1.807, 2.05) is 26.0 Å². The molecule has 4 nitrogen and oxygen atoms in total. The van der Waals surface area contributed by atoms with Gasteiger partial charge in [0, 0.05) is 17.1 Å². The van der Waals surface area contributed by atoms with Gasteiger partial charge in [-0.25, -0.2) is 0 Å². The van der Waals surface area contributed by atoms with Gasteiger partial charge < -0.3 is 9.47 Å². The number of hydrogen-bond donors (Lipinski definition) is 0. The number of ether oxygens (including phenoxy) is 2. The van der Waals surface area contributed by atoms with Crippen molar-refractivity contribution in [1.82, 2.24) is 4.90 Å². The van der Waals surface area contributed by atoms with E-state index in [0.29, 0.717) is 43.7 Å². The van der Waals surface area contributed by atoms with E-state index in [-0.39, 0.29) is 12.5 Å². The minimum atomic E-state index is -0.185. The van der Waals surface area contributed by atoms with E-state index >= 15 is 0 Å². The molecule has 0 atom stereocenters. The molecule has 0 bridgehead atoms. The number of nitrogens with zero attached hydrogens (tertiary/aromatic N) is 1. The summed E-state index contributed by atoms with van der Waals surface area (Å²) in [4.78, 5) is 14.6. The Labute approximate surface area is 201 Å². The zero-order valence-electron chi connectivity index (χ0n) is 17.1. The molecule has 3 rings (SSSR count). The summed E-state index contributed by atoms with van der Waals surface area (Å²) in [6.07, 6.45) is 3.33. The van der Waals surface area contributed by atoms with E-state index in [1.54, 1.807) is 24.3 Å². The predicted molar refractivity (Wildman–Crippen MR) is 133 cm³/mol. The van der Waals surface area contributed by atoms with Crippen molar-refractivity contribution in [3.8, 4) is 11.5 Å². The smallest absolute Gasteiger partial charge is 0.266 e. The number of aryl methyl sites for hydroxylation is 2. The second kappa shape index (κ2) is 10.6. The number of thioether (sulfide) groups is 1. The summed E-state index contributed by atoms with van der Waals surface area (Å²) in [6.45, 7) is 8.67. The van der Waals surface area contributed by atoms with Crippen LogP contribution in [0.2, 0.25) is 10.0 Å². The van der Waals surface area contributed by atoms with Crippen molar-refractivity contribution in [2.45, 2.75) is 13.8 Å². The Balaban J connectivity index is 1.75. The van der Waals surface area contributed by atoms with Gasteiger partial charge in [-0.15, -0.1) is 6.58 Å². The first-order valence-corrected chi connectivity index (χ1v) is 11.5. The number of amides is 1. The molecule has 0 unspecified atom stereocenters. The van der Waals surface area contributed by atoms with Crippen molar-refractivity contribution in [3.05, 3.63) is 74.6 Å². The van der Waals surface area contributed by atoms with Crippen molar-refractivity contribution in [2.75, 3.05) is 19.8 Å². The minimum Gasteiger partial charge on any atom is -0.490 e. The molecular formula is C23H21Cl2NO3S2. The van der Waals surface area contributed by atoms with Crippen LogP contribution in [0.25, 0.3) is 6.08 Å². The molecule has 0 radical (unpaired) electrons. The highest BCUT2D eigenvalue weighted by molar-refractivity contribution is 8.26. The van der Waals surface area contributed by atoms with Crippen LogP contribution in [0.5, 0.6) is 11.5 Å². The Hall–Kier alpha value is -1.99. The highest BCUT2D eigenvalue weighted by Gasteiger charge is 2.31. The molecule has 0 N–H and O–H groups in total. The van der Waals surface area contributed by atoms with Gasteiger partial charge in [0.15, 0.2) is 0 Å². The summed E-state index contributed by atoms with van der Waals surface area (Å²) in [6, 6.07) is 9.33. The third-order valence-electron chi connectivity index (χ3n) is 4.30. The largest absolute Gasteiger partial charge is 0.490 e. The van der Waals surface area contributed by atoms with Gasteiger partial charge in [-0.05, 0) is 55.3 Å². The van der Waals surface area contributed by atoms with Crippen molar-refractivity contribution in [3.63, 3.8) is 0 Å². The first-order valence-electron chi connectivity index (χ1n) is 9.47. The molecule has 2 aromatic rings. The van der Waals surface area contributed by atoms with Gasteiger partial charge in [0.05, 0.1) is 9.93 Å². The Morgan fingerprint density at radius 1 is 1.10 bits per heavy atom. The summed E-state index contributed by atoms with van der Waals surface area (Å²) >= 11 is 19.1. The van der Waals surface area contributed by atoms with Crippen LogP contribution in [-0.4, -0.2) is 34.9 Å². The second-order valence-electron chi connectivity index (χ2n) is 6.91. The lowest BCUT2D eigenvalue weighted by molar-refractivity contribution is -0.121. The average molecular weight is 494 g/mol. The Bertz CT molecular complexity index is 1050. The zero-order chi connectivity index (χ0) is 22.5. The fourth-order valence-corrected chi connectivity index (χ4v) is 4.92. The summed E-state index contributed by atoms with van der Waals surface area (Å²) in [5.74, 6) is 1.04. The van der Waals surface area contributed by atoms with Crippen LogP contribution < -0.4 is 9.47 Å². The summed E-state index contributed by atoms with van der Waals surface area (Å²) in [5, 5.41) is 0.795. The molecule has 1 aliphatic heterocycles. The maximum absolute atomic E-state index is 12.6. The third kappa shape index (κ3) is 6.04. The van der Waals surface area contributed by atoms with Crippen LogP contribution in [-0.2, 0) is 4.79 Å².